The molecule has 130 valence electrons. The molecule has 8 nitrogen and oxygen atoms in total. The third kappa shape index (κ3) is 3.73. The summed E-state index contributed by atoms with van der Waals surface area (Å²) in [4.78, 5) is 27.8. The van der Waals surface area contributed by atoms with Gasteiger partial charge in [-0.05, 0) is 32.9 Å². The van der Waals surface area contributed by atoms with Gasteiger partial charge in [0.05, 0.1) is 4.90 Å². The molecule has 2 atom stereocenters. The molecule has 1 aromatic carbocycles. The normalized spacial score (nSPS) is 19.0. The first-order chi connectivity index (χ1) is 11.3. The fourth-order valence-corrected chi connectivity index (χ4v) is 3.36. The highest BCUT2D eigenvalue weighted by Crippen LogP contribution is 2.22. The van der Waals surface area contributed by atoms with Crippen molar-refractivity contribution < 1.29 is 22.7 Å². The average Bonchev–Trinajstić information content (AvgIpc) is 2.78. The number of benzene rings is 1. The largest absolute Gasteiger partial charge is 0.451 e. The number of aliphatic imine (C=N–C) groups is 1. The van der Waals surface area contributed by atoms with Crippen molar-refractivity contribution in [1.82, 2.24) is 10.0 Å². The number of sulfonamides is 1. The fraction of sp³-hybridized carbons (Fsp3) is 0.400. The predicted molar refractivity (Wildman–Crippen MR) is 87.0 cm³/mol. The van der Waals surface area contributed by atoms with Crippen LogP contribution in [0.3, 0.4) is 0 Å². The van der Waals surface area contributed by atoms with E-state index in [1.165, 1.54) is 19.9 Å². The van der Waals surface area contributed by atoms with Gasteiger partial charge in [-0.3, -0.25) is 14.5 Å². The van der Waals surface area contributed by atoms with E-state index in [0.29, 0.717) is 12.1 Å². The highest BCUT2D eigenvalue weighted by Gasteiger charge is 2.31. The number of esters is 1. The van der Waals surface area contributed by atoms with Gasteiger partial charge in [-0.1, -0.05) is 12.1 Å². The van der Waals surface area contributed by atoms with Gasteiger partial charge < -0.3 is 10.1 Å². The third-order valence-corrected chi connectivity index (χ3v) is 4.74. The smallest absolute Gasteiger partial charge is 0.331 e. The monoisotopic (exact) mass is 353 g/mol. The summed E-state index contributed by atoms with van der Waals surface area (Å²) in [5.41, 5.74) is 0.397. The predicted octanol–water partition coefficient (Wildman–Crippen LogP) is 0.181. The van der Waals surface area contributed by atoms with E-state index in [2.05, 4.69) is 15.0 Å². The molecule has 24 heavy (non-hydrogen) atoms. The molecule has 1 aliphatic heterocycles. The van der Waals surface area contributed by atoms with Crippen molar-refractivity contribution in [2.45, 2.75) is 37.8 Å². The van der Waals surface area contributed by atoms with Crippen LogP contribution in [0.4, 0.5) is 0 Å². The summed E-state index contributed by atoms with van der Waals surface area (Å²) in [5, 5.41) is 2.54. The van der Waals surface area contributed by atoms with Crippen molar-refractivity contribution in [2.75, 3.05) is 6.54 Å². The number of carbonyl (C=O) groups is 2. The van der Waals surface area contributed by atoms with Crippen molar-refractivity contribution in [2.24, 2.45) is 4.99 Å². The van der Waals surface area contributed by atoms with Gasteiger partial charge >= 0.3 is 5.97 Å². The summed E-state index contributed by atoms with van der Waals surface area (Å²) >= 11 is 0. The number of fused-ring (bicyclic) bond motifs is 1. The van der Waals surface area contributed by atoms with E-state index >= 15 is 0 Å². The van der Waals surface area contributed by atoms with E-state index in [0.717, 1.165) is 0 Å². The molecule has 0 aliphatic carbocycles. The first-order valence-corrected chi connectivity index (χ1v) is 8.92. The maximum absolute atomic E-state index is 12.0. The van der Waals surface area contributed by atoms with Gasteiger partial charge in [0.15, 0.2) is 6.10 Å². The summed E-state index contributed by atoms with van der Waals surface area (Å²) < 4.78 is 31.3. The topological polar surface area (TPSA) is 114 Å². The van der Waals surface area contributed by atoms with Crippen LogP contribution in [0.5, 0.6) is 0 Å². The second kappa shape index (κ2) is 7.00. The molecule has 0 spiro atoms. The zero-order chi connectivity index (χ0) is 17.9. The zero-order valence-corrected chi connectivity index (χ0v) is 14.4. The van der Waals surface area contributed by atoms with Crippen LogP contribution in [0.2, 0.25) is 0 Å². The quantitative estimate of drug-likeness (QED) is 0.733. The Kier molecular flexibility index (Phi) is 5.23. The molecule has 0 radical (unpaired) electrons. The molecule has 0 unspecified atom stereocenters. The molecule has 0 aromatic heterocycles. The number of nitrogens with zero attached hydrogens (tertiary/aromatic N) is 1. The van der Waals surface area contributed by atoms with Gasteiger partial charge in [0.25, 0.3) is 15.9 Å². The van der Waals surface area contributed by atoms with Gasteiger partial charge in [0.2, 0.25) is 0 Å². The second-order valence-electron chi connectivity index (χ2n) is 5.23. The second-order valence-corrected chi connectivity index (χ2v) is 6.88. The molecule has 0 bridgehead atoms. The molecular formula is C15H19N3O5S. The van der Waals surface area contributed by atoms with E-state index in [4.69, 9.17) is 4.74 Å². The first-order valence-electron chi connectivity index (χ1n) is 7.44. The molecule has 2 rings (SSSR count). The summed E-state index contributed by atoms with van der Waals surface area (Å²) in [6, 6.07) is 5.37. The van der Waals surface area contributed by atoms with Gasteiger partial charge in [-0.2, -0.15) is 0 Å². The number of amides is 1. The number of rotatable bonds is 5. The molecule has 1 amide bonds. The SMILES string of the molecule is CCNC(=O)[C@H](C)OC(=O)[C@H](C)N=C1NS(=O)(=O)c2ccccc21. The van der Waals surface area contributed by atoms with Gasteiger partial charge in [0, 0.05) is 12.1 Å². The van der Waals surface area contributed by atoms with E-state index in [9.17, 15) is 18.0 Å². The van der Waals surface area contributed by atoms with Gasteiger partial charge in [-0.15, -0.1) is 0 Å². The highest BCUT2D eigenvalue weighted by atomic mass is 32.2. The summed E-state index contributed by atoms with van der Waals surface area (Å²) in [6.07, 6.45) is -0.951. The van der Waals surface area contributed by atoms with Crippen LogP contribution >= 0.6 is 0 Å². The van der Waals surface area contributed by atoms with E-state index in [1.54, 1.807) is 25.1 Å². The molecular weight excluding hydrogens is 334 g/mol. The number of carbonyl (C=O) groups excluding carboxylic acids is 2. The van der Waals surface area contributed by atoms with E-state index in [-0.39, 0.29) is 10.7 Å². The zero-order valence-electron chi connectivity index (χ0n) is 13.6. The van der Waals surface area contributed by atoms with Gasteiger partial charge in [0.1, 0.15) is 11.9 Å². The summed E-state index contributed by atoms with van der Waals surface area (Å²) in [5.74, 6) is -1.04. The molecule has 0 fully saturated rings. The van der Waals surface area contributed by atoms with E-state index in [1.807, 2.05) is 0 Å². The maximum Gasteiger partial charge on any atom is 0.331 e. The van der Waals surface area contributed by atoms with Crippen LogP contribution in [-0.4, -0.2) is 44.8 Å². The minimum Gasteiger partial charge on any atom is -0.451 e. The van der Waals surface area contributed by atoms with Crippen LogP contribution in [0.15, 0.2) is 34.2 Å². The molecule has 1 aliphatic rings. The van der Waals surface area contributed by atoms with Crippen molar-refractivity contribution in [3.63, 3.8) is 0 Å². The Labute approximate surface area is 140 Å². The number of hydrogen-bond acceptors (Lipinski definition) is 6. The van der Waals surface area contributed by atoms with E-state index < -0.39 is 34.0 Å². The standard InChI is InChI=1S/C15H19N3O5S/c1-4-16-14(19)10(3)23-15(20)9(2)17-13-11-7-5-6-8-12(11)24(21,22)18-13/h5-10H,4H2,1-3H3,(H,16,19)(H,17,18)/t9-,10-/m0/s1. The number of amidine groups is 1. The Balaban J connectivity index is 2.14. The summed E-state index contributed by atoms with van der Waals surface area (Å²) in [7, 11) is -3.67. The Morgan fingerprint density at radius 3 is 2.62 bits per heavy atom. The first kappa shape index (κ1) is 17.9. The lowest BCUT2D eigenvalue weighted by Crippen LogP contribution is -2.37. The molecule has 0 saturated heterocycles. The van der Waals surface area contributed by atoms with Crippen molar-refractivity contribution in [3.8, 4) is 0 Å². The fourth-order valence-electron chi connectivity index (χ4n) is 2.12. The Morgan fingerprint density at radius 2 is 1.96 bits per heavy atom. The Bertz CT molecular complexity index is 788. The lowest BCUT2D eigenvalue weighted by Gasteiger charge is -2.14. The van der Waals surface area contributed by atoms with Crippen LogP contribution in [0.1, 0.15) is 26.3 Å². The summed E-state index contributed by atoms with van der Waals surface area (Å²) in [6.45, 7) is 5.10. The molecule has 1 heterocycles. The Hall–Kier alpha value is -2.42. The number of nitrogens with one attached hydrogen (secondary N) is 2. The molecule has 0 saturated carbocycles. The van der Waals surface area contributed by atoms with Crippen LogP contribution in [0, 0.1) is 0 Å². The Morgan fingerprint density at radius 1 is 1.29 bits per heavy atom. The van der Waals surface area contributed by atoms with Crippen molar-refractivity contribution >= 4 is 27.7 Å². The lowest BCUT2D eigenvalue weighted by molar-refractivity contribution is -0.155. The minimum atomic E-state index is -3.67. The molecule has 2 N–H and O–H groups in total. The van der Waals surface area contributed by atoms with Crippen LogP contribution < -0.4 is 10.0 Å². The minimum absolute atomic E-state index is 0.0840. The maximum atomic E-state index is 12.0. The van der Waals surface area contributed by atoms with Crippen molar-refractivity contribution in [3.05, 3.63) is 29.8 Å². The van der Waals surface area contributed by atoms with Crippen LogP contribution in [0.25, 0.3) is 0 Å². The number of likely N-dealkylation sites (N-methyl/N-ethyl adjacent to an activating group) is 1. The van der Waals surface area contributed by atoms with Crippen LogP contribution in [-0.2, 0) is 24.3 Å². The van der Waals surface area contributed by atoms with Gasteiger partial charge in [-0.25, -0.2) is 13.2 Å². The number of hydrogen-bond donors (Lipinski definition) is 2. The average molecular weight is 353 g/mol. The third-order valence-electron chi connectivity index (χ3n) is 3.34. The molecule has 1 aromatic rings. The number of ether oxygens (including phenoxy) is 1. The van der Waals surface area contributed by atoms with Crippen molar-refractivity contribution in [1.29, 1.82) is 0 Å². The highest BCUT2D eigenvalue weighted by molar-refractivity contribution is 7.90. The lowest BCUT2D eigenvalue weighted by atomic mass is 10.2. The molecule has 9 heteroatoms.